The Labute approximate surface area is 269 Å². The molecule has 5 aromatic rings. The van der Waals surface area contributed by atoms with Gasteiger partial charge < -0.3 is 24.4 Å². The summed E-state index contributed by atoms with van der Waals surface area (Å²) < 4.78 is 31.6. The minimum atomic E-state index is -0.295. The molecule has 0 unspecified atom stereocenters. The van der Waals surface area contributed by atoms with Crippen LogP contribution in [0.1, 0.15) is 23.2 Å². The lowest BCUT2D eigenvalue weighted by atomic mass is 9.94. The van der Waals surface area contributed by atoms with E-state index in [0.29, 0.717) is 17.0 Å². The van der Waals surface area contributed by atoms with Crippen LogP contribution in [0.15, 0.2) is 109 Å². The van der Waals surface area contributed by atoms with Gasteiger partial charge in [0.2, 0.25) is 0 Å². The van der Waals surface area contributed by atoms with E-state index in [1.54, 1.807) is 38.5 Å². The van der Waals surface area contributed by atoms with Crippen molar-refractivity contribution in [2.75, 3.05) is 39.7 Å². The first kappa shape index (κ1) is 30.9. The number of anilines is 1. The van der Waals surface area contributed by atoms with E-state index in [1.807, 2.05) is 78.9 Å². The van der Waals surface area contributed by atoms with E-state index in [0.717, 1.165) is 70.8 Å². The Morgan fingerprint density at radius 3 is 2.17 bits per heavy atom. The lowest BCUT2D eigenvalue weighted by Gasteiger charge is -2.29. The van der Waals surface area contributed by atoms with Gasteiger partial charge in [-0.1, -0.05) is 42.5 Å². The molecule has 6 rings (SSSR count). The molecule has 0 saturated carbocycles. The Bertz CT molecular complexity index is 1830. The first-order chi connectivity index (χ1) is 22.4. The standard InChI is InChI=1S/C39H37FN2O4/c1-42-20-18-32(19-21-42)46-34-15-16-35(36(25-34)27-6-4-8-30(40)22-27)26-10-13-31(14-11-26)41-39(43)29-12-17-38(45-3)37(24-29)28-7-5-9-33(23-28)44-2/h4-17,22-25,32H,18-21H2,1-3H3,(H,41,43). The van der Waals surface area contributed by atoms with Gasteiger partial charge in [0.15, 0.2) is 0 Å². The number of nitrogens with zero attached hydrogens (tertiary/aromatic N) is 1. The maximum absolute atomic E-state index is 14.3. The van der Waals surface area contributed by atoms with Crippen molar-refractivity contribution < 1.29 is 23.4 Å². The predicted octanol–water partition coefficient (Wildman–Crippen LogP) is 8.57. The largest absolute Gasteiger partial charge is 0.497 e. The Morgan fingerprint density at radius 2 is 1.46 bits per heavy atom. The van der Waals surface area contributed by atoms with E-state index in [4.69, 9.17) is 14.2 Å². The van der Waals surface area contributed by atoms with E-state index in [2.05, 4.69) is 17.3 Å². The highest BCUT2D eigenvalue weighted by Crippen LogP contribution is 2.37. The van der Waals surface area contributed by atoms with Crippen LogP contribution in [0, 0.1) is 5.82 Å². The van der Waals surface area contributed by atoms with Gasteiger partial charge in [-0.15, -0.1) is 0 Å². The summed E-state index contributed by atoms with van der Waals surface area (Å²) in [6.45, 7) is 2.01. The Morgan fingerprint density at radius 1 is 0.717 bits per heavy atom. The molecule has 1 fully saturated rings. The van der Waals surface area contributed by atoms with Gasteiger partial charge in [-0.05, 0) is 114 Å². The molecular formula is C39H37FN2O4. The molecule has 5 aromatic carbocycles. The third-order valence-corrected chi connectivity index (χ3v) is 8.39. The van der Waals surface area contributed by atoms with Crippen LogP contribution in [-0.4, -0.2) is 51.3 Å². The van der Waals surface area contributed by atoms with Crippen molar-refractivity contribution in [3.63, 3.8) is 0 Å². The second-order valence-corrected chi connectivity index (χ2v) is 11.5. The van der Waals surface area contributed by atoms with E-state index < -0.39 is 0 Å². The first-order valence-corrected chi connectivity index (χ1v) is 15.4. The summed E-state index contributed by atoms with van der Waals surface area (Å²) in [5.41, 5.74) is 6.35. The zero-order valence-electron chi connectivity index (χ0n) is 26.3. The summed E-state index contributed by atoms with van der Waals surface area (Å²) in [7, 11) is 5.35. The first-order valence-electron chi connectivity index (χ1n) is 15.4. The highest BCUT2D eigenvalue weighted by molar-refractivity contribution is 6.05. The molecular weight excluding hydrogens is 579 g/mol. The van der Waals surface area contributed by atoms with Crippen molar-refractivity contribution in [2.24, 2.45) is 0 Å². The lowest BCUT2D eigenvalue weighted by molar-refractivity contribution is 0.102. The van der Waals surface area contributed by atoms with E-state index in [1.165, 1.54) is 6.07 Å². The van der Waals surface area contributed by atoms with Crippen LogP contribution in [-0.2, 0) is 0 Å². The maximum atomic E-state index is 14.3. The normalized spacial score (nSPS) is 13.7. The summed E-state index contributed by atoms with van der Waals surface area (Å²) in [5, 5.41) is 3.01. The van der Waals surface area contributed by atoms with Gasteiger partial charge in [0.05, 0.1) is 14.2 Å². The molecule has 0 spiro atoms. The summed E-state index contributed by atoms with van der Waals surface area (Å²) in [4.78, 5) is 15.6. The zero-order valence-corrected chi connectivity index (χ0v) is 26.3. The minimum absolute atomic E-state index is 0.155. The van der Waals surface area contributed by atoms with Gasteiger partial charge >= 0.3 is 0 Å². The Kier molecular flexibility index (Phi) is 9.31. The van der Waals surface area contributed by atoms with Gasteiger partial charge in [0, 0.05) is 29.9 Å². The SMILES string of the molecule is COc1cccc(-c2cc(C(=O)Nc3ccc(-c4ccc(OC5CCN(C)CC5)cc4-c4cccc(F)c4)cc3)ccc2OC)c1. The molecule has 0 radical (unpaired) electrons. The quantitative estimate of drug-likeness (QED) is 0.180. The number of hydrogen-bond donors (Lipinski definition) is 1. The molecule has 0 aromatic heterocycles. The van der Waals surface area contributed by atoms with E-state index in [9.17, 15) is 9.18 Å². The number of carbonyl (C=O) groups excluding carboxylic acids is 1. The van der Waals surface area contributed by atoms with Gasteiger partial charge in [-0.25, -0.2) is 4.39 Å². The van der Waals surface area contributed by atoms with E-state index in [-0.39, 0.29) is 17.8 Å². The molecule has 6 nitrogen and oxygen atoms in total. The number of piperidine rings is 1. The van der Waals surface area contributed by atoms with Crippen LogP contribution in [0.3, 0.4) is 0 Å². The van der Waals surface area contributed by atoms with Crippen molar-refractivity contribution in [1.82, 2.24) is 4.90 Å². The smallest absolute Gasteiger partial charge is 0.255 e. The van der Waals surface area contributed by atoms with Crippen molar-refractivity contribution in [3.05, 3.63) is 121 Å². The number of nitrogens with one attached hydrogen (secondary N) is 1. The third-order valence-electron chi connectivity index (χ3n) is 8.39. The summed E-state index contributed by atoms with van der Waals surface area (Å²) in [5.74, 6) is 1.61. The fraction of sp³-hybridized carbons (Fsp3) is 0.205. The van der Waals surface area contributed by atoms with Crippen molar-refractivity contribution in [2.45, 2.75) is 18.9 Å². The molecule has 0 bridgehead atoms. The Balaban J connectivity index is 1.24. The second-order valence-electron chi connectivity index (χ2n) is 11.5. The average Bonchev–Trinajstić information content (AvgIpc) is 3.09. The van der Waals surface area contributed by atoms with Crippen LogP contribution in [0.5, 0.6) is 17.2 Å². The molecule has 1 amide bonds. The fourth-order valence-electron chi connectivity index (χ4n) is 5.84. The van der Waals surface area contributed by atoms with Crippen LogP contribution in [0.4, 0.5) is 10.1 Å². The molecule has 1 aliphatic rings. The van der Waals surface area contributed by atoms with Gasteiger partial charge in [-0.3, -0.25) is 4.79 Å². The van der Waals surface area contributed by atoms with Crippen molar-refractivity contribution in [1.29, 1.82) is 0 Å². The molecule has 46 heavy (non-hydrogen) atoms. The number of ether oxygens (including phenoxy) is 3. The van der Waals surface area contributed by atoms with Crippen LogP contribution in [0.2, 0.25) is 0 Å². The number of amides is 1. The Hall–Kier alpha value is -5.14. The number of rotatable bonds is 9. The van der Waals surface area contributed by atoms with Crippen molar-refractivity contribution >= 4 is 11.6 Å². The fourth-order valence-corrected chi connectivity index (χ4v) is 5.84. The number of benzene rings is 5. The highest BCUT2D eigenvalue weighted by Gasteiger charge is 2.19. The second kappa shape index (κ2) is 13.9. The van der Waals surface area contributed by atoms with Gasteiger partial charge in [0.1, 0.15) is 29.2 Å². The molecule has 0 atom stereocenters. The number of halogens is 1. The summed E-state index contributed by atoms with van der Waals surface area (Å²) in [6.07, 6.45) is 2.10. The predicted molar refractivity (Wildman–Crippen MR) is 181 cm³/mol. The van der Waals surface area contributed by atoms with Gasteiger partial charge in [0.25, 0.3) is 5.91 Å². The zero-order chi connectivity index (χ0) is 32.0. The summed E-state index contributed by atoms with van der Waals surface area (Å²) >= 11 is 0. The highest BCUT2D eigenvalue weighted by atomic mass is 19.1. The lowest BCUT2D eigenvalue weighted by Crippen LogP contribution is -2.35. The molecule has 1 saturated heterocycles. The average molecular weight is 617 g/mol. The van der Waals surface area contributed by atoms with Crippen molar-refractivity contribution in [3.8, 4) is 50.6 Å². The number of hydrogen-bond acceptors (Lipinski definition) is 5. The van der Waals surface area contributed by atoms with Crippen LogP contribution >= 0.6 is 0 Å². The molecule has 7 heteroatoms. The van der Waals surface area contributed by atoms with Crippen LogP contribution in [0.25, 0.3) is 33.4 Å². The molecule has 1 N–H and O–H groups in total. The number of carbonyl (C=O) groups is 1. The summed E-state index contributed by atoms with van der Waals surface area (Å²) in [6, 6.07) is 33.3. The van der Waals surface area contributed by atoms with E-state index >= 15 is 0 Å². The third kappa shape index (κ3) is 7.05. The minimum Gasteiger partial charge on any atom is -0.497 e. The topological polar surface area (TPSA) is 60.0 Å². The maximum Gasteiger partial charge on any atom is 0.255 e. The molecule has 1 aliphatic heterocycles. The molecule has 234 valence electrons. The molecule has 1 heterocycles. The van der Waals surface area contributed by atoms with Gasteiger partial charge in [-0.2, -0.15) is 0 Å². The number of likely N-dealkylation sites (tertiary alicyclic amines) is 1. The molecule has 0 aliphatic carbocycles. The van der Waals surface area contributed by atoms with Crippen LogP contribution < -0.4 is 19.5 Å². The monoisotopic (exact) mass is 616 g/mol. The number of methoxy groups -OCH3 is 2.